The number of carboxylic acid groups (broad SMARTS) is 1. The van der Waals surface area contributed by atoms with Crippen LogP contribution in [0.2, 0.25) is 0 Å². The molecule has 0 heterocycles. The van der Waals surface area contributed by atoms with Crippen molar-refractivity contribution in [1.29, 1.82) is 0 Å². The van der Waals surface area contributed by atoms with E-state index in [0.29, 0.717) is 19.2 Å². The average molecular weight is 587 g/mol. The van der Waals surface area contributed by atoms with Crippen LogP contribution in [0, 0.1) is 0 Å². The van der Waals surface area contributed by atoms with Crippen molar-refractivity contribution in [2.45, 2.75) is 23.4 Å². The van der Waals surface area contributed by atoms with E-state index in [1.54, 1.807) is 0 Å². The van der Waals surface area contributed by atoms with Crippen LogP contribution in [0.15, 0.2) is 65.6 Å². The maximum Gasteiger partial charge on any atom is 0.416 e. The van der Waals surface area contributed by atoms with E-state index < -0.39 is 78.9 Å². The van der Waals surface area contributed by atoms with Crippen molar-refractivity contribution in [3.8, 4) is 11.5 Å². The molecule has 6 nitrogen and oxygen atoms in total. The van der Waals surface area contributed by atoms with Crippen molar-refractivity contribution in [3.05, 3.63) is 82.9 Å². The molecular formula is C23H14F9NO5S. The van der Waals surface area contributed by atoms with Crippen molar-refractivity contribution in [1.82, 2.24) is 0 Å². The van der Waals surface area contributed by atoms with E-state index in [0.717, 1.165) is 12.1 Å². The number of carboxylic acids is 1. The van der Waals surface area contributed by atoms with Gasteiger partial charge in [0.15, 0.2) is 5.75 Å². The van der Waals surface area contributed by atoms with E-state index in [9.17, 15) is 57.8 Å². The smallest absolute Gasteiger partial charge is 0.416 e. The molecule has 1 N–H and O–H groups in total. The van der Waals surface area contributed by atoms with Gasteiger partial charge in [0.1, 0.15) is 11.3 Å². The van der Waals surface area contributed by atoms with Gasteiger partial charge < -0.3 is 9.84 Å². The number of hydrogen-bond acceptors (Lipinski definition) is 4. The Balaban J connectivity index is 2.24. The molecule has 210 valence electrons. The average Bonchev–Trinajstić information content (AvgIpc) is 2.82. The number of sulfonamides is 1. The van der Waals surface area contributed by atoms with Gasteiger partial charge in [0.2, 0.25) is 0 Å². The standard InChI is InChI=1S/C23H14F9NO5S/c1-33(39(36,37)15-9-13(22(27,28)29)8-14(10-15)23(30,31)32)17-11-12(21(24,25)26)6-7-19(17)38-18-5-3-2-4-16(18)20(34)35/h2-11H,1H3,(H,34,35). The minimum Gasteiger partial charge on any atom is -0.478 e. The molecule has 0 spiro atoms. The van der Waals surface area contributed by atoms with Gasteiger partial charge >= 0.3 is 24.5 Å². The van der Waals surface area contributed by atoms with Gasteiger partial charge in [-0.15, -0.1) is 0 Å². The molecule has 0 saturated heterocycles. The number of hydrogen-bond donors (Lipinski definition) is 1. The van der Waals surface area contributed by atoms with Crippen LogP contribution in [-0.4, -0.2) is 26.5 Å². The molecule has 0 aliphatic carbocycles. The number of alkyl halides is 9. The van der Waals surface area contributed by atoms with E-state index in [1.807, 2.05) is 0 Å². The third kappa shape index (κ3) is 6.38. The summed E-state index contributed by atoms with van der Waals surface area (Å²) in [6.45, 7) is 0. The molecule has 0 fully saturated rings. The highest BCUT2D eigenvalue weighted by Gasteiger charge is 2.40. The van der Waals surface area contributed by atoms with Gasteiger partial charge in [-0.05, 0) is 48.5 Å². The number of para-hydroxylation sites is 1. The van der Waals surface area contributed by atoms with Crippen molar-refractivity contribution in [2.24, 2.45) is 0 Å². The van der Waals surface area contributed by atoms with Crippen LogP contribution < -0.4 is 9.04 Å². The minimum absolute atomic E-state index is 0.00338. The Labute approximate surface area is 213 Å². The summed E-state index contributed by atoms with van der Waals surface area (Å²) in [6, 6.07) is 5.49. The van der Waals surface area contributed by atoms with Gasteiger partial charge in [0.05, 0.1) is 27.3 Å². The first-order valence-electron chi connectivity index (χ1n) is 10.2. The van der Waals surface area contributed by atoms with Gasteiger partial charge in [-0.3, -0.25) is 4.31 Å². The molecule has 0 saturated carbocycles. The Hall–Kier alpha value is -3.95. The van der Waals surface area contributed by atoms with Gasteiger partial charge in [-0.25, -0.2) is 13.2 Å². The van der Waals surface area contributed by atoms with Crippen LogP contribution in [0.1, 0.15) is 27.0 Å². The monoisotopic (exact) mass is 587 g/mol. The lowest BCUT2D eigenvalue weighted by Gasteiger charge is -2.24. The summed E-state index contributed by atoms with van der Waals surface area (Å²) in [4.78, 5) is 9.94. The number of nitrogens with zero attached hydrogens (tertiary/aromatic N) is 1. The summed E-state index contributed by atoms with van der Waals surface area (Å²) in [5, 5.41) is 9.32. The highest BCUT2D eigenvalue weighted by Crippen LogP contribution is 2.42. The van der Waals surface area contributed by atoms with Crippen molar-refractivity contribution < 1.29 is 62.6 Å². The first-order chi connectivity index (χ1) is 17.7. The summed E-state index contributed by atoms with van der Waals surface area (Å²) >= 11 is 0. The fourth-order valence-electron chi connectivity index (χ4n) is 3.24. The zero-order chi connectivity index (χ0) is 29.6. The third-order valence-corrected chi connectivity index (χ3v) is 6.93. The number of carbonyl (C=O) groups is 1. The van der Waals surface area contributed by atoms with Crippen LogP contribution in [0.4, 0.5) is 45.2 Å². The lowest BCUT2D eigenvalue weighted by Crippen LogP contribution is -2.28. The van der Waals surface area contributed by atoms with Crippen LogP contribution in [-0.2, 0) is 28.6 Å². The van der Waals surface area contributed by atoms with Gasteiger partial charge in [0, 0.05) is 7.05 Å². The maximum atomic E-state index is 13.4. The van der Waals surface area contributed by atoms with Crippen molar-refractivity contribution in [2.75, 3.05) is 11.4 Å². The van der Waals surface area contributed by atoms with E-state index in [-0.39, 0.29) is 28.6 Å². The quantitative estimate of drug-likeness (QED) is 0.313. The molecule has 0 aliphatic rings. The molecule has 0 radical (unpaired) electrons. The highest BCUT2D eigenvalue weighted by molar-refractivity contribution is 7.92. The molecule has 3 aromatic carbocycles. The normalized spacial score (nSPS) is 12.8. The molecule has 0 aliphatic heterocycles. The van der Waals surface area contributed by atoms with Gasteiger partial charge in [-0.2, -0.15) is 39.5 Å². The number of halogens is 9. The molecule has 3 rings (SSSR count). The predicted molar refractivity (Wildman–Crippen MR) is 117 cm³/mol. The van der Waals surface area contributed by atoms with E-state index in [1.165, 1.54) is 12.1 Å². The van der Waals surface area contributed by atoms with Crippen LogP contribution in [0.3, 0.4) is 0 Å². The third-order valence-electron chi connectivity index (χ3n) is 5.18. The number of ether oxygens (including phenoxy) is 1. The van der Waals surface area contributed by atoms with E-state index in [4.69, 9.17) is 4.74 Å². The Morgan fingerprint density at radius 2 is 1.26 bits per heavy atom. The molecule has 39 heavy (non-hydrogen) atoms. The first-order valence-corrected chi connectivity index (χ1v) is 11.7. The lowest BCUT2D eigenvalue weighted by atomic mass is 10.1. The summed E-state index contributed by atoms with van der Waals surface area (Å²) in [7, 11) is -4.81. The minimum atomic E-state index is -5.41. The molecular weight excluding hydrogens is 573 g/mol. The fourth-order valence-corrected chi connectivity index (χ4v) is 4.51. The van der Waals surface area contributed by atoms with Crippen LogP contribution in [0.5, 0.6) is 11.5 Å². The SMILES string of the molecule is CN(c1cc(C(F)(F)F)ccc1Oc1ccccc1C(=O)O)S(=O)(=O)c1cc(C(F)(F)F)cc(C(F)(F)F)c1. The summed E-state index contributed by atoms with van der Waals surface area (Å²) in [5.74, 6) is -2.68. The summed E-state index contributed by atoms with van der Waals surface area (Å²) < 4.78 is 152. The first kappa shape index (κ1) is 29.6. The van der Waals surface area contributed by atoms with Crippen molar-refractivity contribution >= 4 is 21.7 Å². The Morgan fingerprint density at radius 3 is 1.74 bits per heavy atom. The number of aromatic carboxylic acids is 1. The summed E-state index contributed by atoms with van der Waals surface area (Å²) in [6.07, 6.45) is -15.9. The van der Waals surface area contributed by atoms with Gasteiger partial charge in [0.25, 0.3) is 10.0 Å². The number of rotatable bonds is 6. The van der Waals surface area contributed by atoms with Crippen LogP contribution >= 0.6 is 0 Å². The molecule has 16 heteroatoms. The topological polar surface area (TPSA) is 83.9 Å². The summed E-state index contributed by atoms with van der Waals surface area (Å²) in [5.41, 5.74) is -6.84. The lowest BCUT2D eigenvalue weighted by molar-refractivity contribution is -0.143. The maximum absolute atomic E-state index is 13.4. The number of benzene rings is 3. The molecule has 0 aromatic heterocycles. The largest absolute Gasteiger partial charge is 0.478 e. The number of anilines is 1. The zero-order valence-corrected chi connectivity index (χ0v) is 19.9. The van der Waals surface area contributed by atoms with Crippen molar-refractivity contribution in [3.63, 3.8) is 0 Å². The molecule has 0 amide bonds. The van der Waals surface area contributed by atoms with E-state index in [2.05, 4.69) is 0 Å². The Kier molecular flexibility index (Phi) is 7.57. The highest BCUT2D eigenvalue weighted by atomic mass is 32.2. The van der Waals surface area contributed by atoms with Gasteiger partial charge in [-0.1, -0.05) is 12.1 Å². The fraction of sp³-hybridized carbons (Fsp3) is 0.174. The molecule has 0 atom stereocenters. The zero-order valence-electron chi connectivity index (χ0n) is 19.1. The Bertz CT molecular complexity index is 1480. The predicted octanol–water partition coefficient (Wildman–Crippen LogP) is 7.06. The van der Waals surface area contributed by atoms with E-state index >= 15 is 0 Å². The molecule has 3 aromatic rings. The molecule has 0 unspecified atom stereocenters. The second-order valence-electron chi connectivity index (χ2n) is 7.80. The van der Waals surface area contributed by atoms with Crippen LogP contribution in [0.25, 0.3) is 0 Å². The second kappa shape index (κ2) is 9.98. The Morgan fingerprint density at radius 1 is 0.744 bits per heavy atom. The second-order valence-corrected chi connectivity index (χ2v) is 9.77. The molecule has 0 bridgehead atoms.